The van der Waals surface area contributed by atoms with Crippen molar-refractivity contribution in [2.24, 2.45) is 11.8 Å². The van der Waals surface area contributed by atoms with Crippen molar-refractivity contribution in [3.63, 3.8) is 0 Å². The Bertz CT molecular complexity index is 1460. The molecule has 2 unspecified atom stereocenters. The van der Waals surface area contributed by atoms with E-state index in [0.717, 1.165) is 46.7 Å². The molecule has 4 aromatic rings. The highest BCUT2D eigenvalue weighted by molar-refractivity contribution is 7.22. The van der Waals surface area contributed by atoms with Crippen LogP contribution in [0.1, 0.15) is 47.5 Å². The number of fused-ring (bicyclic) bond motifs is 4. The lowest BCUT2D eigenvalue weighted by molar-refractivity contribution is 0.0523. The molecule has 6 rings (SSSR count). The quantitative estimate of drug-likeness (QED) is 0.391. The molecule has 2 fully saturated rings. The lowest BCUT2D eigenvalue weighted by atomic mass is 9.75. The van der Waals surface area contributed by atoms with E-state index in [-0.39, 0.29) is 11.5 Å². The molecule has 35 heavy (non-hydrogen) atoms. The van der Waals surface area contributed by atoms with Crippen LogP contribution in [0.3, 0.4) is 0 Å². The van der Waals surface area contributed by atoms with Crippen molar-refractivity contribution in [3.05, 3.63) is 69.6 Å². The number of hydrogen-bond donors (Lipinski definition) is 0. The fourth-order valence-electron chi connectivity index (χ4n) is 6.02. The first kappa shape index (κ1) is 22.3. The van der Waals surface area contributed by atoms with Gasteiger partial charge >= 0.3 is 0 Å². The number of benzene rings is 1. The molecule has 0 N–H and O–H groups in total. The Morgan fingerprint density at radius 3 is 2.69 bits per heavy atom. The van der Waals surface area contributed by atoms with Crippen molar-refractivity contribution in [3.8, 4) is 5.75 Å². The van der Waals surface area contributed by atoms with Gasteiger partial charge in [0.25, 0.3) is 11.5 Å². The van der Waals surface area contributed by atoms with Crippen molar-refractivity contribution < 1.29 is 9.53 Å². The predicted octanol–water partition coefficient (Wildman–Crippen LogP) is 5.32. The molecule has 180 valence electrons. The summed E-state index contributed by atoms with van der Waals surface area (Å²) in [5, 5.41) is 1.44. The molecule has 0 radical (unpaired) electrons. The third-order valence-corrected chi connectivity index (χ3v) is 8.98. The van der Waals surface area contributed by atoms with Gasteiger partial charge in [0, 0.05) is 24.7 Å². The van der Waals surface area contributed by atoms with Crippen LogP contribution in [0, 0.1) is 11.8 Å². The standard InChI is InChI=1S/C28H29N3O3S/c1-34-24-23-25(35-26(24)28(33)30-15-13-18-8-2-3-9-19(18)16-30)21-11-4-5-12-22(21)31(27(23)32)17-20-10-6-7-14-29-20/h4-7,10-12,14,18-19H,2-3,8-9,13,15-17H2,1H3. The number of methoxy groups -OCH3 is 1. The number of thiophene rings is 1. The van der Waals surface area contributed by atoms with Gasteiger partial charge < -0.3 is 14.2 Å². The van der Waals surface area contributed by atoms with Gasteiger partial charge in [-0.15, -0.1) is 11.3 Å². The number of piperidine rings is 1. The molecule has 2 atom stereocenters. The minimum absolute atomic E-state index is 0.00756. The molecule has 2 aliphatic rings. The third kappa shape index (κ3) is 3.82. The van der Waals surface area contributed by atoms with Crippen LogP contribution in [0.25, 0.3) is 21.0 Å². The van der Waals surface area contributed by atoms with E-state index in [1.54, 1.807) is 17.9 Å². The summed E-state index contributed by atoms with van der Waals surface area (Å²) < 4.78 is 8.35. The van der Waals surface area contributed by atoms with E-state index >= 15 is 0 Å². The Balaban J connectivity index is 1.47. The summed E-state index contributed by atoms with van der Waals surface area (Å²) >= 11 is 1.39. The first-order valence-corrected chi connectivity index (χ1v) is 13.3. The molecule has 0 bridgehead atoms. The summed E-state index contributed by atoms with van der Waals surface area (Å²) in [6, 6.07) is 13.6. The van der Waals surface area contributed by atoms with Gasteiger partial charge in [0.05, 0.1) is 29.6 Å². The van der Waals surface area contributed by atoms with Crippen molar-refractivity contribution >= 4 is 38.2 Å². The molecule has 1 saturated heterocycles. The number of para-hydroxylation sites is 1. The van der Waals surface area contributed by atoms with Crippen LogP contribution >= 0.6 is 11.3 Å². The summed E-state index contributed by atoms with van der Waals surface area (Å²) in [6.07, 6.45) is 7.89. The van der Waals surface area contributed by atoms with Gasteiger partial charge in [0.2, 0.25) is 0 Å². The second-order valence-electron chi connectivity index (χ2n) is 9.74. The Hall–Kier alpha value is -3.19. The van der Waals surface area contributed by atoms with E-state index in [2.05, 4.69) is 4.98 Å². The highest BCUT2D eigenvalue weighted by atomic mass is 32.1. The number of ether oxygens (including phenoxy) is 1. The number of likely N-dealkylation sites (tertiary alicyclic amines) is 1. The number of nitrogens with zero attached hydrogens (tertiary/aromatic N) is 3. The second kappa shape index (κ2) is 9.11. The third-order valence-electron chi connectivity index (χ3n) is 7.79. The highest BCUT2D eigenvalue weighted by Gasteiger charge is 2.35. The Labute approximate surface area is 208 Å². The molecule has 3 aromatic heterocycles. The van der Waals surface area contributed by atoms with Gasteiger partial charge in [0.15, 0.2) is 5.75 Å². The van der Waals surface area contributed by atoms with Crippen LogP contribution in [0.4, 0.5) is 0 Å². The van der Waals surface area contributed by atoms with Crippen LogP contribution in [-0.4, -0.2) is 40.6 Å². The maximum absolute atomic E-state index is 13.9. The average molecular weight is 488 g/mol. The summed E-state index contributed by atoms with van der Waals surface area (Å²) in [7, 11) is 1.56. The maximum Gasteiger partial charge on any atom is 0.267 e. The highest BCUT2D eigenvalue weighted by Crippen LogP contribution is 2.42. The molecule has 4 heterocycles. The van der Waals surface area contributed by atoms with Crippen molar-refractivity contribution in [2.45, 2.75) is 38.6 Å². The molecule has 1 saturated carbocycles. The number of carbonyl (C=O) groups is 1. The summed E-state index contributed by atoms with van der Waals surface area (Å²) in [5.74, 6) is 1.75. The van der Waals surface area contributed by atoms with E-state index in [1.165, 1.54) is 37.0 Å². The minimum atomic E-state index is -0.150. The second-order valence-corrected chi connectivity index (χ2v) is 10.8. The summed E-state index contributed by atoms with van der Waals surface area (Å²) in [6.45, 7) is 1.95. The fourth-order valence-corrected chi connectivity index (χ4v) is 7.28. The first-order valence-electron chi connectivity index (χ1n) is 12.5. The molecule has 1 aromatic carbocycles. The molecule has 1 aliphatic carbocycles. The van der Waals surface area contributed by atoms with Crippen LogP contribution in [0.5, 0.6) is 5.75 Å². The van der Waals surface area contributed by atoms with E-state index in [1.807, 2.05) is 47.4 Å². The van der Waals surface area contributed by atoms with E-state index < -0.39 is 0 Å². The van der Waals surface area contributed by atoms with Crippen molar-refractivity contribution in [1.29, 1.82) is 0 Å². The van der Waals surface area contributed by atoms with Crippen LogP contribution in [-0.2, 0) is 6.54 Å². The van der Waals surface area contributed by atoms with Crippen molar-refractivity contribution in [2.75, 3.05) is 20.2 Å². The van der Waals surface area contributed by atoms with Crippen LogP contribution in [0.15, 0.2) is 53.5 Å². The fraction of sp³-hybridized carbons (Fsp3) is 0.393. The monoisotopic (exact) mass is 487 g/mol. The number of hydrogen-bond acceptors (Lipinski definition) is 5. The van der Waals surface area contributed by atoms with Gasteiger partial charge in [-0.3, -0.25) is 14.6 Å². The van der Waals surface area contributed by atoms with E-state index in [0.29, 0.717) is 28.5 Å². The number of carbonyl (C=O) groups excluding carboxylic acids is 1. The number of pyridine rings is 2. The molecule has 1 amide bonds. The largest absolute Gasteiger partial charge is 0.494 e. The Morgan fingerprint density at radius 2 is 1.89 bits per heavy atom. The zero-order chi connectivity index (χ0) is 23.9. The van der Waals surface area contributed by atoms with Gasteiger partial charge in [-0.1, -0.05) is 43.5 Å². The minimum Gasteiger partial charge on any atom is -0.494 e. The molecular formula is C28H29N3O3S. The molecular weight excluding hydrogens is 458 g/mol. The van der Waals surface area contributed by atoms with Gasteiger partial charge in [-0.05, 0) is 42.9 Å². The molecule has 0 spiro atoms. The van der Waals surface area contributed by atoms with Crippen LogP contribution < -0.4 is 10.3 Å². The van der Waals surface area contributed by atoms with E-state index in [4.69, 9.17) is 4.74 Å². The van der Waals surface area contributed by atoms with Gasteiger partial charge in [-0.25, -0.2) is 0 Å². The van der Waals surface area contributed by atoms with Crippen molar-refractivity contribution in [1.82, 2.24) is 14.5 Å². The topological polar surface area (TPSA) is 64.4 Å². The average Bonchev–Trinajstić information content (AvgIpc) is 3.31. The lowest BCUT2D eigenvalue weighted by Gasteiger charge is -2.41. The Kier molecular flexibility index (Phi) is 5.80. The molecule has 6 nitrogen and oxygen atoms in total. The van der Waals surface area contributed by atoms with E-state index in [9.17, 15) is 9.59 Å². The number of aromatic nitrogens is 2. The normalized spacial score (nSPS) is 20.2. The zero-order valence-corrected chi connectivity index (χ0v) is 20.7. The lowest BCUT2D eigenvalue weighted by Crippen LogP contribution is -2.44. The molecule has 7 heteroatoms. The van der Waals surface area contributed by atoms with Crippen LogP contribution in [0.2, 0.25) is 0 Å². The smallest absolute Gasteiger partial charge is 0.267 e. The summed E-state index contributed by atoms with van der Waals surface area (Å²) in [4.78, 5) is 34.6. The number of rotatable bonds is 4. The molecule has 1 aliphatic heterocycles. The Morgan fingerprint density at radius 1 is 1.09 bits per heavy atom. The maximum atomic E-state index is 13.9. The van der Waals surface area contributed by atoms with Gasteiger partial charge in [-0.2, -0.15) is 0 Å². The predicted molar refractivity (Wildman–Crippen MR) is 139 cm³/mol. The SMILES string of the molecule is COc1c(C(=O)N2CCC3CCCCC3C2)sc2c1c(=O)n(Cc1ccccn1)c1ccccc21. The first-order chi connectivity index (χ1) is 17.2. The zero-order valence-electron chi connectivity index (χ0n) is 19.9. The van der Waals surface area contributed by atoms with Gasteiger partial charge in [0.1, 0.15) is 10.3 Å². The summed E-state index contributed by atoms with van der Waals surface area (Å²) in [5.41, 5.74) is 1.49. The number of amides is 1.